The first-order valence-corrected chi connectivity index (χ1v) is 15.3. The molecular weight excluding hydrogens is 520 g/mol. The molecule has 0 radical (unpaired) electrons. The van der Waals surface area contributed by atoms with E-state index in [1.165, 1.54) is 24.0 Å². The number of ether oxygens (including phenoxy) is 6. The van der Waals surface area contributed by atoms with Gasteiger partial charge >= 0.3 is 0 Å². The Kier molecular flexibility index (Phi) is 11.3. The molecule has 1 aliphatic carbocycles. The molecule has 1 saturated carbocycles. The van der Waals surface area contributed by atoms with E-state index in [-0.39, 0.29) is 24.2 Å². The van der Waals surface area contributed by atoms with Crippen molar-refractivity contribution in [1.82, 2.24) is 5.32 Å². The number of anilines is 1. The molecule has 2 aromatic carbocycles. The summed E-state index contributed by atoms with van der Waals surface area (Å²) in [6, 6.07) is 15.4. The molecule has 41 heavy (non-hydrogen) atoms. The molecule has 8 nitrogen and oxygen atoms in total. The van der Waals surface area contributed by atoms with Gasteiger partial charge in [0.1, 0.15) is 12.4 Å². The maximum Gasteiger partial charge on any atom is 0.142 e. The topological polar surface area (TPSA) is 70.7 Å². The third kappa shape index (κ3) is 8.00. The fraction of sp³-hybridized carbons (Fsp3) is 0.636. The summed E-state index contributed by atoms with van der Waals surface area (Å²) >= 11 is 0. The molecule has 1 unspecified atom stereocenters. The van der Waals surface area contributed by atoms with Crippen molar-refractivity contribution in [3.8, 4) is 5.75 Å². The average Bonchev–Trinajstić information content (AvgIpc) is 3.85. The third-order valence-electron chi connectivity index (χ3n) is 8.49. The average molecular weight is 569 g/mol. The maximum atomic E-state index is 6.69. The third-order valence-corrected chi connectivity index (χ3v) is 8.49. The van der Waals surface area contributed by atoms with E-state index >= 15 is 0 Å². The van der Waals surface area contributed by atoms with Crippen molar-refractivity contribution >= 4 is 5.69 Å². The molecule has 0 amide bonds. The van der Waals surface area contributed by atoms with E-state index < -0.39 is 0 Å². The highest BCUT2D eigenvalue weighted by Gasteiger charge is 2.37. The summed E-state index contributed by atoms with van der Waals surface area (Å²) in [5.74, 6) is 1.72. The number of rotatable bonds is 16. The molecular formula is C33H48N2O6. The van der Waals surface area contributed by atoms with Crippen molar-refractivity contribution in [2.45, 2.75) is 56.5 Å². The number of nitrogens with zero attached hydrogens (tertiary/aromatic N) is 1. The normalized spacial score (nSPS) is 23.2. The maximum absolute atomic E-state index is 6.69. The number of nitrogens with one attached hydrogen (secondary N) is 1. The quantitative estimate of drug-likeness (QED) is 0.292. The molecule has 4 atom stereocenters. The second-order valence-corrected chi connectivity index (χ2v) is 11.4. The highest BCUT2D eigenvalue weighted by molar-refractivity contribution is 5.61. The number of methoxy groups -OCH3 is 3. The van der Waals surface area contributed by atoms with Crippen LogP contribution in [0.3, 0.4) is 0 Å². The molecule has 0 bridgehead atoms. The van der Waals surface area contributed by atoms with Crippen molar-refractivity contribution in [1.29, 1.82) is 0 Å². The van der Waals surface area contributed by atoms with Crippen LogP contribution in [0.4, 0.5) is 5.69 Å². The van der Waals surface area contributed by atoms with Gasteiger partial charge in [-0.3, -0.25) is 0 Å². The molecule has 3 aliphatic rings. The van der Waals surface area contributed by atoms with Crippen LogP contribution in [0.25, 0.3) is 0 Å². The van der Waals surface area contributed by atoms with Gasteiger partial charge in [0.25, 0.3) is 0 Å². The van der Waals surface area contributed by atoms with Crippen LogP contribution in [0.5, 0.6) is 5.75 Å². The van der Waals surface area contributed by atoms with E-state index in [9.17, 15) is 0 Å². The van der Waals surface area contributed by atoms with Crippen LogP contribution in [0.2, 0.25) is 0 Å². The lowest BCUT2D eigenvalue weighted by Crippen LogP contribution is -2.50. The Morgan fingerprint density at radius 3 is 2.39 bits per heavy atom. The minimum Gasteiger partial charge on any atom is -0.490 e. The van der Waals surface area contributed by atoms with Crippen LogP contribution >= 0.6 is 0 Å². The Morgan fingerprint density at radius 1 is 0.902 bits per heavy atom. The Balaban J connectivity index is 1.30. The SMILES string of the molecule is COCCCO[C@@H]1CNC[C@H](OCc2ccc3c(c2)N(CCCOC)CCO3)[C@H]1c1ccc(C(OC)C2CC2)cc1. The van der Waals surface area contributed by atoms with Gasteiger partial charge in [-0.2, -0.15) is 0 Å². The first kappa shape index (κ1) is 30.3. The van der Waals surface area contributed by atoms with E-state index in [2.05, 4.69) is 52.7 Å². The van der Waals surface area contributed by atoms with E-state index in [0.717, 1.165) is 62.6 Å². The van der Waals surface area contributed by atoms with Crippen LogP contribution < -0.4 is 15.0 Å². The minimum atomic E-state index is -0.0197. The Hall–Kier alpha value is -2.20. The number of fused-ring (bicyclic) bond motifs is 1. The van der Waals surface area contributed by atoms with Crippen LogP contribution in [0.1, 0.15) is 54.4 Å². The van der Waals surface area contributed by atoms with Gasteiger partial charge in [-0.15, -0.1) is 0 Å². The first-order chi connectivity index (χ1) is 20.2. The largest absolute Gasteiger partial charge is 0.490 e. The molecule has 5 rings (SSSR count). The number of hydrogen-bond acceptors (Lipinski definition) is 8. The molecule has 2 aliphatic heterocycles. The predicted octanol–water partition coefficient (Wildman–Crippen LogP) is 4.71. The number of piperidine rings is 1. The van der Waals surface area contributed by atoms with Gasteiger partial charge in [-0.1, -0.05) is 30.3 Å². The first-order valence-electron chi connectivity index (χ1n) is 15.3. The molecule has 8 heteroatoms. The van der Waals surface area contributed by atoms with Gasteiger partial charge in [-0.05, 0) is 60.4 Å². The summed E-state index contributed by atoms with van der Waals surface area (Å²) in [4.78, 5) is 2.40. The van der Waals surface area contributed by atoms with Crippen molar-refractivity contribution in [3.05, 3.63) is 59.2 Å². The van der Waals surface area contributed by atoms with E-state index in [0.29, 0.717) is 32.3 Å². The zero-order valence-electron chi connectivity index (χ0n) is 25.0. The highest BCUT2D eigenvalue weighted by Crippen LogP contribution is 2.43. The molecule has 0 spiro atoms. The Bertz CT molecular complexity index is 1060. The molecule has 1 saturated heterocycles. The van der Waals surface area contributed by atoms with Gasteiger partial charge in [0.15, 0.2) is 0 Å². The van der Waals surface area contributed by atoms with Gasteiger partial charge < -0.3 is 38.6 Å². The Morgan fingerprint density at radius 2 is 1.66 bits per heavy atom. The van der Waals surface area contributed by atoms with E-state index in [1.54, 1.807) is 14.2 Å². The lowest BCUT2D eigenvalue weighted by atomic mass is 9.84. The zero-order chi connectivity index (χ0) is 28.4. The monoisotopic (exact) mass is 568 g/mol. The number of hydrogen-bond donors (Lipinski definition) is 1. The van der Waals surface area contributed by atoms with E-state index in [4.69, 9.17) is 28.4 Å². The van der Waals surface area contributed by atoms with Crippen LogP contribution in [-0.2, 0) is 30.3 Å². The van der Waals surface area contributed by atoms with Crippen LogP contribution in [0.15, 0.2) is 42.5 Å². The molecule has 2 aromatic rings. The second kappa shape index (κ2) is 15.3. The minimum absolute atomic E-state index is 0.0197. The van der Waals surface area contributed by atoms with Gasteiger partial charge in [0, 0.05) is 66.7 Å². The van der Waals surface area contributed by atoms with Crippen LogP contribution in [0, 0.1) is 5.92 Å². The van der Waals surface area contributed by atoms with Crippen molar-refractivity contribution < 1.29 is 28.4 Å². The smallest absolute Gasteiger partial charge is 0.142 e. The van der Waals surface area contributed by atoms with Crippen molar-refractivity contribution in [2.75, 3.05) is 78.8 Å². The summed E-state index contributed by atoms with van der Waals surface area (Å²) in [6.45, 7) is 6.78. The molecule has 0 aromatic heterocycles. The molecule has 2 heterocycles. The van der Waals surface area contributed by atoms with Gasteiger partial charge in [0.2, 0.25) is 0 Å². The van der Waals surface area contributed by atoms with Crippen LogP contribution in [-0.4, -0.2) is 86.1 Å². The molecule has 2 fully saturated rings. The van der Waals surface area contributed by atoms with Gasteiger partial charge in [-0.25, -0.2) is 0 Å². The lowest BCUT2D eigenvalue weighted by Gasteiger charge is -2.39. The highest BCUT2D eigenvalue weighted by atomic mass is 16.5. The number of benzene rings is 2. The summed E-state index contributed by atoms with van der Waals surface area (Å²) < 4.78 is 35.4. The fourth-order valence-corrected chi connectivity index (χ4v) is 6.20. The molecule has 226 valence electrons. The van der Waals surface area contributed by atoms with Crippen molar-refractivity contribution in [2.24, 2.45) is 5.92 Å². The standard InChI is InChI=1S/C33H48N2O6/c1-36-16-4-14-35-15-19-40-29-13-6-24(20-28(29)35)23-41-31-22-34-21-30(39-18-5-17-37-2)32(31)25-7-9-26(10-8-25)33(38-3)27-11-12-27/h6-10,13,20,27,30-34H,4-5,11-12,14-19,21-23H2,1-3H3/t30-,31+,32+,33?/m1/s1. The summed E-state index contributed by atoms with van der Waals surface area (Å²) in [5, 5.41) is 3.57. The lowest BCUT2D eigenvalue weighted by molar-refractivity contribution is -0.0622. The summed E-state index contributed by atoms with van der Waals surface area (Å²) in [5.41, 5.74) is 4.81. The second-order valence-electron chi connectivity index (χ2n) is 11.4. The van der Waals surface area contributed by atoms with E-state index in [1.807, 2.05) is 7.11 Å². The summed E-state index contributed by atoms with van der Waals surface area (Å²) in [6.07, 6.45) is 4.55. The van der Waals surface area contributed by atoms with Gasteiger partial charge in [0.05, 0.1) is 37.2 Å². The Labute approximate surface area is 245 Å². The predicted molar refractivity (Wildman–Crippen MR) is 160 cm³/mol. The molecule has 1 N–H and O–H groups in total. The van der Waals surface area contributed by atoms with Crippen molar-refractivity contribution in [3.63, 3.8) is 0 Å². The fourth-order valence-electron chi connectivity index (χ4n) is 6.20. The zero-order valence-corrected chi connectivity index (χ0v) is 25.0. The summed E-state index contributed by atoms with van der Waals surface area (Å²) in [7, 11) is 5.31.